The number of hydrogen-bond donors (Lipinski definition) is 1. The Morgan fingerprint density at radius 2 is 1.64 bits per heavy atom. The smallest absolute Gasteiger partial charge is 0.223 e. The van der Waals surface area contributed by atoms with Crippen LogP contribution in [0.3, 0.4) is 0 Å². The van der Waals surface area contributed by atoms with Crippen LogP contribution < -0.4 is 4.72 Å². The van der Waals surface area contributed by atoms with Crippen LogP contribution in [0.5, 0.6) is 0 Å². The predicted molar refractivity (Wildman–Crippen MR) is 126 cm³/mol. The van der Waals surface area contributed by atoms with E-state index >= 15 is 0 Å². The van der Waals surface area contributed by atoms with E-state index in [-0.39, 0.29) is 27.6 Å². The van der Waals surface area contributed by atoms with Crippen LogP contribution in [0.2, 0.25) is 9.36 Å². The molecule has 0 spiro atoms. The Labute approximate surface area is 205 Å². The van der Waals surface area contributed by atoms with Crippen LogP contribution in [-0.4, -0.2) is 23.4 Å². The number of nitrogens with one attached hydrogen (secondary N) is 1. The maximum atomic E-state index is 14.7. The minimum Gasteiger partial charge on any atom is -0.223 e. The highest BCUT2D eigenvalue weighted by Gasteiger charge is 2.36. The Morgan fingerprint density at radius 1 is 0.970 bits per heavy atom. The molecule has 3 aromatic rings. The van der Waals surface area contributed by atoms with Gasteiger partial charge >= 0.3 is 0 Å². The molecule has 0 radical (unpaired) electrons. The van der Waals surface area contributed by atoms with Gasteiger partial charge in [-0.1, -0.05) is 30.1 Å². The van der Waals surface area contributed by atoms with Crippen LogP contribution in [0, 0.1) is 17.6 Å². The molecule has 3 rings (SSSR count). The van der Waals surface area contributed by atoms with Crippen LogP contribution in [0.1, 0.15) is 24.2 Å². The summed E-state index contributed by atoms with van der Waals surface area (Å²) in [5.41, 5.74) is -0.328. The first-order chi connectivity index (χ1) is 15.4. The largest absolute Gasteiger partial charge is 0.250 e. The Balaban J connectivity index is 1.90. The van der Waals surface area contributed by atoms with Crippen LogP contribution in [0.25, 0.3) is 0 Å². The van der Waals surface area contributed by atoms with Crippen molar-refractivity contribution in [2.45, 2.75) is 27.7 Å². The Bertz CT molecular complexity index is 1340. The molecular weight excluding hydrogens is 535 g/mol. The second-order valence-corrected chi connectivity index (χ2v) is 13.5. The van der Waals surface area contributed by atoms with Gasteiger partial charge in [0.05, 0.1) is 14.5 Å². The molecule has 5 nitrogen and oxygen atoms in total. The average Bonchev–Trinajstić information content (AvgIpc) is 3.18. The third kappa shape index (κ3) is 6.12. The van der Waals surface area contributed by atoms with Crippen molar-refractivity contribution in [3.63, 3.8) is 0 Å². The highest BCUT2D eigenvalue weighted by atomic mass is 35.5. The lowest BCUT2D eigenvalue weighted by molar-refractivity contribution is 0.465. The fourth-order valence-corrected chi connectivity index (χ4v) is 8.14. The molecule has 1 aromatic heterocycles. The maximum Gasteiger partial charge on any atom is 0.250 e. The highest BCUT2D eigenvalue weighted by molar-refractivity contribution is 7.92. The highest BCUT2D eigenvalue weighted by Crippen LogP contribution is 2.38. The summed E-state index contributed by atoms with van der Waals surface area (Å²) >= 11 is 12.5. The molecule has 0 aliphatic heterocycles. The van der Waals surface area contributed by atoms with Gasteiger partial charge in [-0.15, -0.1) is 11.3 Å². The predicted octanol–water partition coefficient (Wildman–Crippen LogP) is 5.85. The van der Waals surface area contributed by atoms with E-state index in [9.17, 15) is 25.6 Å². The molecule has 1 heterocycles. The normalized spacial score (nSPS) is 14.2. The van der Waals surface area contributed by atoms with Gasteiger partial charge in [0.2, 0.25) is 10.0 Å². The zero-order chi connectivity index (χ0) is 24.4. The monoisotopic (exact) mass is 553 g/mol. The molecule has 0 bridgehead atoms. The van der Waals surface area contributed by atoms with Gasteiger partial charge < -0.3 is 0 Å². The van der Waals surface area contributed by atoms with E-state index in [0.717, 1.165) is 29.5 Å². The first kappa shape index (κ1) is 26.1. The summed E-state index contributed by atoms with van der Waals surface area (Å²) in [5.74, 6) is -2.44. The fraction of sp³-hybridized carbons (Fsp3) is 0.238. The molecule has 0 saturated heterocycles. The molecule has 33 heavy (non-hydrogen) atoms. The number of halogens is 4. The summed E-state index contributed by atoms with van der Waals surface area (Å²) in [7, 11) is -8.03. The Morgan fingerprint density at radius 3 is 2.24 bits per heavy atom. The van der Waals surface area contributed by atoms with E-state index in [4.69, 9.17) is 23.2 Å². The molecule has 2 unspecified atom stereocenters. The van der Waals surface area contributed by atoms with Gasteiger partial charge in [-0.3, -0.25) is 0 Å². The first-order valence-electron chi connectivity index (χ1n) is 9.61. The molecule has 2 aromatic carbocycles. The van der Waals surface area contributed by atoms with E-state index in [1.807, 2.05) is 0 Å². The topological polar surface area (TPSA) is 80.3 Å². The molecule has 0 fully saturated rings. The number of thiophene rings is 1. The number of sulfone groups is 1. The van der Waals surface area contributed by atoms with E-state index in [1.54, 1.807) is 6.92 Å². The second kappa shape index (κ2) is 10.4. The van der Waals surface area contributed by atoms with Gasteiger partial charge in [0.15, 0.2) is 9.84 Å². The maximum absolute atomic E-state index is 14.7. The van der Waals surface area contributed by atoms with Gasteiger partial charge in [-0.2, -0.15) is 0 Å². The molecular formula is C21H19Cl2F2NO4S3. The first-order valence-corrected chi connectivity index (χ1v) is 14.2. The van der Waals surface area contributed by atoms with Gasteiger partial charge in [-0.05, 0) is 66.9 Å². The number of hydrogen-bond acceptors (Lipinski definition) is 5. The van der Waals surface area contributed by atoms with E-state index in [2.05, 4.69) is 4.72 Å². The standard InChI is InChI=1S/C21H19Cl2F2NO4S3/c1-13(10-11-26-33(29,30)20-9-8-19(23)31-20)21(17-12-15(24)4-7-18(17)25)32(27,28)16-5-2-14(22)3-6-16/h2-9,12-13,21,26H,10-11H2,1H3. The van der Waals surface area contributed by atoms with Crippen LogP contribution in [0.15, 0.2) is 63.7 Å². The van der Waals surface area contributed by atoms with Gasteiger partial charge in [0, 0.05) is 17.1 Å². The Kier molecular flexibility index (Phi) is 8.19. The molecule has 178 valence electrons. The molecule has 2 atom stereocenters. The lowest BCUT2D eigenvalue weighted by Crippen LogP contribution is -2.28. The zero-order valence-corrected chi connectivity index (χ0v) is 21.1. The molecule has 0 saturated carbocycles. The zero-order valence-electron chi connectivity index (χ0n) is 17.1. The van der Waals surface area contributed by atoms with Crippen molar-refractivity contribution in [2.75, 3.05) is 6.54 Å². The lowest BCUT2D eigenvalue weighted by atomic mass is 9.97. The van der Waals surface area contributed by atoms with Crippen molar-refractivity contribution in [3.8, 4) is 0 Å². The SMILES string of the molecule is CC(CCNS(=O)(=O)c1ccc(Cl)s1)C(c1cc(F)ccc1F)S(=O)(=O)c1ccc(Cl)cc1. The van der Waals surface area contributed by atoms with Crippen LogP contribution in [-0.2, 0) is 19.9 Å². The lowest BCUT2D eigenvalue weighted by Gasteiger charge is -2.25. The van der Waals surface area contributed by atoms with Gasteiger partial charge in [0.1, 0.15) is 15.8 Å². The van der Waals surface area contributed by atoms with Crippen molar-refractivity contribution in [2.24, 2.45) is 5.92 Å². The van der Waals surface area contributed by atoms with E-state index in [0.29, 0.717) is 9.36 Å². The Hall–Kier alpha value is -1.56. The number of benzene rings is 2. The summed E-state index contributed by atoms with van der Waals surface area (Å²) in [4.78, 5) is -0.110. The van der Waals surface area contributed by atoms with Crippen molar-refractivity contribution in [3.05, 3.63) is 81.2 Å². The van der Waals surface area contributed by atoms with Crippen LogP contribution in [0.4, 0.5) is 8.78 Å². The van der Waals surface area contributed by atoms with Crippen molar-refractivity contribution in [1.82, 2.24) is 4.72 Å². The third-order valence-corrected chi connectivity index (χ3v) is 10.7. The third-order valence-electron chi connectivity index (χ3n) is 4.96. The summed E-state index contributed by atoms with van der Waals surface area (Å²) in [6, 6.07) is 10.8. The fourth-order valence-electron chi connectivity index (χ4n) is 3.37. The second-order valence-electron chi connectivity index (χ2n) is 7.31. The van der Waals surface area contributed by atoms with Gasteiger partial charge in [-0.25, -0.2) is 30.3 Å². The number of rotatable bonds is 9. The summed E-state index contributed by atoms with van der Waals surface area (Å²) < 4.78 is 83.0. The summed E-state index contributed by atoms with van der Waals surface area (Å²) in [6.45, 7) is 1.42. The van der Waals surface area contributed by atoms with Gasteiger partial charge in [0.25, 0.3) is 0 Å². The quantitative estimate of drug-likeness (QED) is 0.360. The van der Waals surface area contributed by atoms with E-state index < -0.39 is 42.7 Å². The van der Waals surface area contributed by atoms with Crippen molar-refractivity contribution >= 4 is 54.4 Å². The summed E-state index contributed by atoms with van der Waals surface area (Å²) in [5, 5.41) is -1.14. The molecule has 0 aliphatic rings. The minimum absolute atomic E-state index is 0.0154. The summed E-state index contributed by atoms with van der Waals surface area (Å²) in [6.07, 6.45) is 0.0335. The molecule has 0 aliphatic carbocycles. The molecule has 12 heteroatoms. The van der Waals surface area contributed by atoms with Crippen molar-refractivity contribution in [1.29, 1.82) is 0 Å². The van der Waals surface area contributed by atoms with Crippen molar-refractivity contribution < 1.29 is 25.6 Å². The molecule has 0 amide bonds. The number of sulfonamides is 1. The minimum atomic E-state index is -4.18. The molecule has 1 N–H and O–H groups in total. The van der Waals surface area contributed by atoms with E-state index in [1.165, 1.54) is 36.4 Å². The van der Waals surface area contributed by atoms with Crippen LogP contribution >= 0.6 is 34.5 Å². The average molecular weight is 554 g/mol.